The molecule has 0 radical (unpaired) electrons. The number of hydrogen-bond donors (Lipinski definition) is 1. The van der Waals surface area contributed by atoms with Gasteiger partial charge in [0.05, 0.1) is 13.7 Å². The first-order valence-electron chi connectivity index (χ1n) is 11.5. The zero-order valence-corrected chi connectivity index (χ0v) is 21.2. The molecule has 1 aliphatic heterocycles. The fourth-order valence-corrected chi connectivity index (χ4v) is 6.42. The molecule has 1 fully saturated rings. The van der Waals surface area contributed by atoms with Crippen molar-refractivity contribution in [1.29, 1.82) is 0 Å². The Hall–Kier alpha value is -2.85. The fourth-order valence-electron chi connectivity index (χ4n) is 4.49. The first-order chi connectivity index (χ1) is 16.1. The van der Waals surface area contributed by atoms with Gasteiger partial charge in [0.25, 0.3) is 0 Å². The van der Waals surface area contributed by atoms with E-state index in [4.69, 9.17) is 9.47 Å². The minimum Gasteiger partial charge on any atom is -0.497 e. The van der Waals surface area contributed by atoms with Crippen molar-refractivity contribution < 1.29 is 27.5 Å². The maximum atomic E-state index is 13.6. The van der Waals surface area contributed by atoms with E-state index in [1.54, 1.807) is 52.1 Å². The third-order valence-electron chi connectivity index (χ3n) is 6.30. The Bertz CT molecular complexity index is 1150. The molecule has 0 atom stereocenters. The van der Waals surface area contributed by atoms with E-state index in [0.717, 1.165) is 0 Å². The summed E-state index contributed by atoms with van der Waals surface area (Å²) in [4.78, 5) is 25.4. The van der Waals surface area contributed by atoms with Gasteiger partial charge in [0.1, 0.15) is 16.2 Å². The predicted octanol–water partition coefficient (Wildman–Crippen LogP) is 3.35. The van der Waals surface area contributed by atoms with Gasteiger partial charge in [-0.3, -0.25) is 4.79 Å². The summed E-state index contributed by atoms with van der Waals surface area (Å²) < 4.78 is 40.8. The maximum Gasteiger partial charge on any atom is 0.341 e. The molecule has 0 bridgehead atoms. The third-order valence-corrected chi connectivity index (χ3v) is 8.36. The number of sulfonamides is 1. The summed E-state index contributed by atoms with van der Waals surface area (Å²) in [5.74, 6) is -0.386. The number of esters is 1. The van der Waals surface area contributed by atoms with Crippen LogP contribution in [0.25, 0.3) is 0 Å². The van der Waals surface area contributed by atoms with Gasteiger partial charge in [-0.25, -0.2) is 13.2 Å². The standard InChI is InChI=1S/C24H33N3O6S/c1-6-27-16(3)21(24(29)33-7-2)22(17(27)4)34(30,31)26-14-12-18(13-15-26)23(28)25-19-8-10-20(32-5)11-9-19/h8-11,18H,6-7,12-15H2,1-5H3,(H,25,28). The predicted molar refractivity (Wildman–Crippen MR) is 129 cm³/mol. The number of methoxy groups -OCH3 is 1. The molecule has 10 heteroatoms. The van der Waals surface area contributed by atoms with Crippen molar-refractivity contribution in [3.05, 3.63) is 41.2 Å². The molecule has 0 aliphatic carbocycles. The van der Waals surface area contributed by atoms with Crippen LogP contribution in [0.3, 0.4) is 0 Å². The van der Waals surface area contributed by atoms with E-state index < -0.39 is 16.0 Å². The van der Waals surface area contributed by atoms with Crippen LogP contribution in [0.5, 0.6) is 5.75 Å². The van der Waals surface area contributed by atoms with E-state index >= 15 is 0 Å². The zero-order chi connectivity index (χ0) is 25.0. The lowest BCUT2D eigenvalue weighted by Gasteiger charge is -2.30. The van der Waals surface area contributed by atoms with Gasteiger partial charge in [-0.15, -0.1) is 0 Å². The number of piperidine rings is 1. The fraction of sp³-hybridized carbons (Fsp3) is 0.500. The molecule has 1 aromatic carbocycles. The second kappa shape index (κ2) is 10.6. The summed E-state index contributed by atoms with van der Waals surface area (Å²) in [6.07, 6.45) is 0.783. The Morgan fingerprint density at radius 3 is 2.21 bits per heavy atom. The summed E-state index contributed by atoms with van der Waals surface area (Å²) in [5.41, 5.74) is 1.85. The van der Waals surface area contributed by atoms with Crippen LogP contribution < -0.4 is 10.1 Å². The molecule has 1 N–H and O–H groups in total. The van der Waals surface area contributed by atoms with Gasteiger partial charge in [0, 0.05) is 42.6 Å². The largest absolute Gasteiger partial charge is 0.497 e. The Morgan fingerprint density at radius 1 is 1.06 bits per heavy atom. The number of nitrogens with one attached hydrogen (secondary N) is 1. The van der Waals surface area contributed by atoms with E-state index in [1.807, 2.05) is 11.5 Å². The number of rotatable bonds is 8. The number of hydrogen-bond acceptors (Lipinski definition) is 6. The maximum absolute atomic E-state index is 13.6. The van der Waals surface area contributed by atoms with Crippen LogP contribution in [0.2, 0.25) is 0 Å². The topological polar surface area (TPSA) is 107 Å². The van der Waals surface area contributed by atoms with Crippen LogP contribution in [-0.2, 0) is 26.1 Å². The van der Waals surface area contributed by atoms with Crippen LogP contribution in [0.15, 0.2) is 29.2 Å². The van der Waals surface area contributed by atoms with Crippen molar-refractivity contribution >= 4 is 27.6 Å². The monoisotopic (exact) mass is 491 g/mol. The molecule has 1 saturated heterocycles. The van der Waals surface area contributed by atoms with Gasteiger partial charge in [-0.2, -0.15) is 4.31 Å². The molecular formula is C24H33N3O6S. The second-order valence-corrected chi connectivity index (χ2v) is 10.1. The normalized spacial score (nSPS) is 15.2. The number of carbonyl (C=O) groups is 2. The van der Waals surface area contributed by atoms with Crippen LogP contribution in [0, 0.1) is 19.8 Å². The molecule has 1 aromatic heterocycles. The summed E-state index contributed by atoms with van der Waals surface area (Å²) in [7, 11) is -2.37. The van der Waals surface area contributed by atoms with Crippen molar-refractivity contribution in [2.45, 2.75) is 52.0 Å². The first kappa shape index (κ1) is 25.8. The molecule has 3 rings (SSSR count). The van der Waals surface area contributed by atoms with Crippen molar-refractivity contribution in [2.24, 2.45) is 5.92 Å². The molecule has 2 heterocycles. The van der Waals surface area contributed by atoms with Crippen molar-refractivity contribution in [2.75, 3.05) is 32.1 Å². The Labute approximate surface area is 201 Å². The number of ether oxygens (including phenoxy) is 2. The van der Waals surface area contributed by atoms with Gasteiger partial charge < -0.3 is 19.4 Å². The van der Waals surface area contributed by atoms with Gasteiger partial charge in [-0.1, -0.05) is 0 Å². The van der Waals surface area contributed by atoms with Crippen LogP contribution >= 0.6 is 0 Å². The molecule has 186 valence electrons. The quantitative estimate of drug-likeness (QED) is 0.568. The Balaban J connectivity index is 1.77. The minimum atomic E-state index is -3.95. The zero-order valence-electron chi connectivity index (χ0n) is 20.4. The second-order valence-electron chi connectivity index (χ2n) is 8.24. The molecule has 2 aromatic rings. The van der Waals surface area contributed by atoms with E-state index in [0.29, 0.717) is 42.2 Å². The van der Waals surface area contributed by atoms with Crippen LogP contribution in [0.4, 0.5) is 5.69 Å². The summed E-state index contributed by atoms with van der Waals surface area (Å²) in [5, 5.41) is 2.89. The minimum absolute atomic E-state index is 0.00596. The lowest BCUT2D eigenvalue weighted by atomic mass is 9.97. The Kier molecular flexibility index (Phi) is 8.04. The van der Waals surface area contributed by atoms with E-state index in [9.17, 15) is 18.0 Å². The number of amides is 1. The van der Waals surface area contributed by atoms with Crippen LogP contribution in [0.1, 0.15) is 48.4 Å². The number of carbonyl (C=O) groups excluding carboxylic acids is 2. The summed E-state index contributed by atoms with van der Waals surface area (Å²) in [6, 6.07) is 7.05. The van der Waals surface area contributed by atoms with Crippen LogP contribution in [-0.4, -0.2) is 56.0 Å². The number of aromatic nitrogens is 1. The Morgan fingerprint density at radius 2 is 1.68 bits per heavy atom. The van der Waals surface area contributed by atoms with Gasteiger partial charge in [0.15, 0.2) is 0 Å². The summed E-state index contributed by atoms with van der Waals surface area (Å²) in [6.45, 7) is 8.11. The van der Waals surface area contributed by atoms with E-state index in [-0.39, 0.29) is 42.0 Å². The molecule has 9 nitrogen and oxygen atoms in total. The summed E-state index contributed by atoms with van der Waals surface area (Å²) >= 11 is 0. The highest BCUT2D eigenvalue weighted by atomic mass is 32.2. The number of benzene rings is 1. The van der Waals surface area contributed by atoms with Crippen molar-refractivity contribution in [3.8, 4) is 5.75 Å². The highest BCUT2D eigenvalue weighted by Crippen LogP contribution is 2.32. The lowest BCUT2D eigenvalue weighted by molar-refractivity contribution is -0.120. The lowest BCUT2D eigenvalue weighted by Crippen LogP contribution is -2.41. The average Bonchev–Trinajstić information content (AvgIpc) is 3.09. The highest BCUT2D eigenvalue weighted by Gasteiger charge is 2.38. The number of anilines is 1. The van der Waals surface area contributed by atoms with E-state index in [1.165, 1.54) is 4.31 Å². The SMILES string of the molecule is CCOC(=O)c1c(S(=O)(=O)N2CCC(C(=O)Nc3ccc(OC)cc3)CC2)c(C)n(CC)c1C. The first-order valence-corrected chi connectivity index (χ1v) is 12.9. The molecule has 0 spiro atoms. The van der Waals surface area contributed by atoms with Crippen molar-refractivity contribution in [3.63, 3.8) is 0 Å². The van der Waals surface area contributed by atoms with Gasteiger partial charge in [-0.05, 0) is 64.8 Å². The molecule has 34 heavy (non-hydrogen) atoms. The molecular weight excluding hydrogens is 458 g/mol. The third kappa shape index (κ3) is 4.97. The van der Waals surface area contributed by atoms with Crippen molar-refractivity contribution in [1.82, 2.24) is 8.87 Å². The highest BCUT2D eigenvalue weighted by molar-refractivity contribution is 7.89. The van der Waals surface area contributed by atoms with Gasteiger partial charge >= 0.3 is 5.97 Å². The smallest absolute Gasteiger partial charge is 0.341 e. The molecule has 0 saturated carbocycles. The molecule has 0 unspecified atom stereocenters. The van der Waals surface area contributed by atoms with E-state index in [2.05, 4.69) is 5.32 Å². The van der Waals surface area contributed by atoms with Gasteiger partial charge in [0.2, 0.25) is 15.9 Å². The number of nitrogens with zero attached hydrogens (tertiary/aromatic N) is 2. The average molecular weight is 492 g/mol. The molecule has 1 aliphatic rings. The molecule has 1 amide bonds.